The summed E-state index contributed by atoms with van der Waals surface area (Å²) in [6.45, 7) is 5.30. The highest BCUT2D eigenvalue weighted by Gasteiger charge is 2.26. The minimum Gasteiger partial charge on any atom is -0.365 e. The molecule has 7 nitrogen and oxygen atoms in total. The number of ether oxygens (including phenoxy) is 1. The molecule has 4 rings (SSSR count). The molecular weight excluding hydrogens is 344 g/mol. The number of aryl methyl sites for hydroxylation is 2. The first kappa shape index (κ1) is 17.5. The molecule has 140 valence electrons. The Morgan fingerprint density at radius 1 is 1.30 bits per heavy atom. The lowest BCUT2D eigenvalue weighted by molar-refractivity contribution is 0.00258. The van der Waals surface area contributed by atoms with Crippen LogP contribution in [0.1, 0.15) is 44.9 Å². The van der Waals surface area contributed by atoms with Gasteiger partial charge in [-0.1, -0.05) is 35.5 Å². The summed E-state index contributed by atoms with van der Waals surface area (Å²) in [6.07, 6.45) is 2.37. The second-order valence-electron chi connectivity index (χ2n) is 6.71. The van der Waals surface area contributed by atoms with Crippen molar-refractivity contribution in [3.05, 3.63) is 70.6 Å². The lowest BCUT2D eigenvalue weighted by Gasteiger charge is -2.25. The van der Waals surface area contributed by atoms with E-state index < -0.39 is 0 Å². The number of benzene rings is 1. The molecule has 0 fully saturated rings. The Morgan fingerprint density at radius 3 is 2.85 bits per heavy atom. The summed E-state index contributed by atoms with van der Waals surface area (Å²) in [5.74, 6) is 0.610. The molecule has 0 saturated heterocycles. The second kappa shape index (κ2) is 7.36. The maximum atomic E-state index is 12.5. The summed E-state index contributed by atoms with van der Waals surface area (Å²) in [7, 11) is 0. The first-order chi connectivity index (χ1) is 13.1. The van der Waals surface area contributed by atoms with Gasteiger partial charge in [-0.3, -0.25) is 4.79 Å². The number of rotatable bonds is 5. The summed E-state index contributed by atoms with van der Waals surface area (Å²) >= 11 is 0. The second-order valence-corrected chi connectivity index (χ2v) is 6.71. The topological polar surface area (TPSA) is 82.2 Å². The molecule has 27 heavy (non-hydrogen) atoms. The maximum Gasteiger partial charge on any atom is 0.271 e. The Hall–Kier alpha value is -2.93. The number of nitrogens with one attached hydrogen (secondary N) is 1. The molecule has 0 radical (unpaired) electrons. The molecule has 0 spiro atoms. The van der Waals surface area contributed by atoms with Crippen molar-refractivity contribution in [1.82, 2.24) is 20.0 Å². The van der Waals surface area contributed by atoms with E-state index in [4.69, 9.17) is 9.26 Å². The zero-order valence-corrected chi connectivity index (χ0v) is 15.4. The van der Waals surface area contributed by atoms with Crippen molar-refractivity contribution in [3.8, 4) is 0 Å². The predicted molar refractivity (Wildman–Crippen MR) is 98.2 cm³/mol. The van der Waals surface area contributed by atoms with Crippen LogP contribution in [-0.4, -0.2) is 27.2 Å². The number of hydrogen-bond acceptors (Lipinski definition) is 5. The number of fused-ring (bicyclic) bond motifs is 1. The molecule has 2 aromatic heterocycles. The summed E-state index contributed by atoms with van der Waals surface area (Å²) in [5, 5.41) is 6.86. The average Bonchev–Trinajstić information content (AvgIpc) is 3.26. The Labute approximate surface area is 157 Å². The fourth-order valence-electron chi connectivity index (χ4n) is 3.43. The standard InChI is InChI=1S/C20H22N4O3/c1-13-16(14(2)27-23-13)8-9-21-20(25)19-17-11-26-18(10-24(17)12-22-19)15-6-4-3-5-7-15/h3-7,12,18H,8-11H2,1-2H3,(H,21,25)/t18-/m1/s1. The Morgan fingerprint density at radius 2 is 2.11 bits per heavy atom. The van der Waals surface area contributed by atoms with E-state index >= 15 is 0 Å². The minimum absolute atomic E-state index is 0.0247. The Kier molecular flexibility index (Phi) is 4.77. The van der Waals surface area contributed by atoms with Gasteiger partial charge < -0.3 is 19.1 Å². The monoisotopic (exact) mass is 366 g/mol. The van der Waals surface area contributed by atoms with Gasteiger partial charge in [-0.05, 0) is 25.8 Å². The van der Waals surface area contributed by atoms with E-state index in [2.05, 4.69) is 27.6 Å². The fourth-order valence-corrected chi connectivity index (χ4v) is 3.43. The zero-order valence-electron chi connectivity index (χ0n) is 15.4. The van der Waals surface area contributed by atoms with Gasteiger partial charge in [0.05, 0.1) is 30.9 Å². The first-order valence-corrected chi connectivity index (χ1v) is 9.04. The van der Waals surface area contributed by atoms with Crippen LogP contribution in [0.15, 0.2) is 41.2 Å². The van der Waals surface area contributed by atoms with Crippen LogP contribution in [0.5, 0.6) is 0 Å². The number of imidazole rings is 1. The van der Waals surface area contributed by atoms with Gasteiger partial charge in [-0.2, -0.15) is 0 Å². The summed E-state index contributed by atoms with van der Waals surface area (Å²) in [4.78, 5) is 16.9. The molecule has 0 aliphatic carbocycles. The van der Waals surface area contributed by atoms with Gasteiger partial charge in [-0.25, -0.2) is 4.98 Å². The van der Waals surface area contributed by atoms with Crippen LogP contribution in [-0.2, 0) is 24.3 Å². The van der Waals surface area contributed by atoms with Crippen molar-refractivity contribution in [2.24, 2.45) is 0 Å². The van der Waals surface area contributed by atoms with E-state index in [1.807, 2.05) is 36.6 Å². The third-order valence-corrected chi connectivity index (χ3v) is 4.96. The van der Waals surface area contributed by atoms with Crippen molar-refractivity contribution in [3.63, 3.8) is 0 Å². The molecule has 3 aromatic rings. The summed E-state index contributed by atoms with van der Waals surface area (Å²) in [5.41, 5.74) is 4.28. The number of carbonyl (C=O) groups excluding carboxylic acids is 1. The number of hydrogen-bond donors (Lipinski definition) is 1. The van der Waals surface area contributed by atoms with E-state index in [1.54, 1.807) is 6.33 Å². The number of aromatic nitrogens is 3. The van der Waals surface area contributed by atoms with Gasteiger partial charge in [0.2, 0.25) is 0 Å². The van der Waals surface area contributed by atoms with Gasteiger partial charge >= 0.3 is 0 Å². The molecule has 1 aliphatic rings. The first-order valence-electron chi connectivity index (χ1n) is 9.04. The van der Waals surface area contributed by atoms with Gasteiger partial charge in [-0.15, -0.1) is 0 Å². The van der Waals surface area contributed by atoms with E-state index in [9.17, 15) is 4.79 Å². The molecular formula is C20H22N4O3. The van der Waals surface area contributed by atoms with Crippen molar-refractivity contribution in [2.75, 3.05) is 6.54 Å². The molecule has 0 saturated carbocycles. The van der Waals surface area contributed by atoms with Gasteiger partial charge in [0, 0.05) is 12.1 Å². The third-order valence-electron chi connectivity index (χ3n) is 4.96. The highest BCUT2D eigenvalue weighted by Crippen LogP contribution is 2.27. The largest absolute Gasteiger partial charge is 0.365 e. The Balaban J connectivity index is 1.39. The minimum atomic E-state index is -0.183. The maximum absolute atomic E-state index is 12.5. The zero-order chi connectivity index (χ0) is 18.8. The summed E-state index contributed by atoms with van der Waals surface area (Å²) < 4.78 is 13.1. The predicted octanol–water partition coefficient (Wildman–Crippen LogP) is 2.73. The molecule has 1 amide bonds. The third kappa shape index (κ3) is 3.50. The van der Waals surface area contributed by atoms with E-state index in [0.717, 1.165) is 28.3 Å². The highest BCUT2D eigenvalue weighted by molar-refractivity contribution is 5.93. The molecule has 0 unspecified atom stereocenters. The molecule has 0 bridgehead atoms. The molecule has 1 aliphatic heterocycles. The normalized spacial score (nSPS) is 16.1. The number of carbonyl (C=O) groups is 1. The van der Waals surface area contributed by atoms with Gasteiger partial charge in [0.1, 0.15) is 11.9 Å². The van der Waals surface area contributed by atoms with E-state index in [0.29, 0.717) is 31.8 Å². The molecule has 1 aromatic carbocycles. The lowest BCUT2D eigenvalue weighted by atomic mass is 10.1. The van der Waals surface area contributed by atoms with Gasteiger partial charge in [0.25, 0.3) is 5.91 Å². The number of amides is 1. The molecule has 1 atom stereocenters. The van der Waals surface area contributed by atoms with Crippen LogP contribution >= 0.6 is 0 Å². The summed E-state index contributed by atoms with van der Waals surface area (Å²) in [6, 6.07) is 10.1. The SMILES string of the molecule is Cc1noc(C)c1CCNC(=O)c1ncn2c1CO[C@@H](c1ccccc1)C2. The van der Waals surface area contributed by atoms with Crippen molar-refractivity contribution >= 4 is 5.91 Å². The van der Waals surface area contributed by atoms with Crippen molar-refractivity contribution < 1.29 is 14.1 Å². The van der Waals surface area contributed by atoms with Crippen molar-refractivity contribution in [2.45, 2.75) is 39.5 Å². The van der Waals surface area contributed by atoms with Crippen molar-refractivity contribution in [1.29, 1.82) is 0 Å². The smallest absolute Gasteiger partial charge is 0.271 e. The van der Waals surface area contributed by atoms with Crippen LogP contribution in [0.25, 0.3) is 0 Å². The molecule has 1 N–H and O–H groups in total. The van der Waals surface area contributed by atoms with E-state index in [-0.39, 0.29) is 12.0 Å². The number of nitrogens with zero attached hydrogens (tertiary/aromatic N) is 3. The Bertz CT molecular complexity index is 926. The van der Waals surface area contributed by atoms with Gasteiger partial charge in [0.15, 0.2) is 5.69 Å². The van der Waals surface area contributed by atoms with Crippen LogP contribution in [0, 0.1) is 13.8 Å². The van der Waals surface area contributed by atoms with E-state index in [1.165, 1.54) is 0 Å². The van der Waals surface area contributed by atoms with Crippen LogP contribution < -0.4 is 5.32 Å². The fraction of sp³-hybridized carbons (Fsp3) is 0.350. The molecule has 3 heterocycles. The molecule has 7 heteroatoms. The lowest BCUT2D eigenvalue weighted by Crippen LogP contribution is -2.29. The van der Waals surface area contributed by atoms with Crippen LogP contribution in [0.4, 0.5) is 0 Å². The highest BCUT2D eigenvalue weighted by atomic mass is 16.5. The quantitative estimate of drug-likeness (QED) is 0.751. The van der Waals surface area contributed by atoms with Crippen LogP contribution in [0.2, 0.25) is 0 Å². The average molecular weight is 366 g/mol. The van der Waals surface area contributed by atoms with Crippen LogP contribution in [0.3, 0.4) is 0 Å².